The van der Waals surface area contributed by atoms with Crippen LogP contribution in [0.5, 0.6) is 0 Å². The Balaban J connectivity index is 3.56. The molecular formula is C28H43N3O4S. The summed E-state index contributed by atoms with van der Waals surface area (Å²) in [6, 6.07) is 5.35. The van der Waals surface area contributed by atoms with Crippen LogP contribution in [0.25, 0.3) is 0 Å². The lowest BCUT2D eigenvalue weighted by atomic mass is 9.96. The molecule has 1 aromatic rings. The molecule has 0 saturated heterocycles. The Bertz CT molecular complexity index is 928. The van der Waals surface area contributed by atoms with Gasteiger partial charge in [0.1, 0.15) is 17.7 Å². The van der Waals surface area contributed by atoms with E-state index in [-0.39, 0.29) is 11.8 Å². The second-order valence-corrected chi connectivity index (χ2v) is 11.7. The fourth-order valence-corrected chi connectivity index (χ4v) is 4.06. The molecule has 0 aliphatic carbocycles. The van der Waals surface area contributed by atoms with E-state index in [2.05, 4.69) is 16.6 Å². The van der Waals surface area contributed by atoms with Gasteiger partial charge in [0.05, 0.1) is 0 Å². The van der Waals surface area contributed by atoms with Crippen LogP contribution < -0.4 is 10.6 Å². The molecule has 0 aliphatic rings. The highest BCUT2D eigenvalue weighted by Gasteiger charge is 2.37. The maximum Gasteiger partial charge on any atom is 0.408 e. The number of benzene rings is 1. The first-order chi connectivity index (χ1) is 16.7. The van der Waals surface area contributed by atoms with E-state index in [1.807, 2.05) is 34.0 Å². The fraction of sp³-hybridized carbons (Fsp3) is 0.607. The molecule has 1 aromatic carbocycles. The van der Waals surface area contributed by atoms with Crippen molar-refractivity contribution in [2.75, 3.05) is 18.6 Å². The highest BCUT2D eigenvalue weighted by molar-refractivity contribution is 7.98. The number of ether oxygens (including phenoxy) is 1. The van der Waals surface area contributed by atoms with Crippen molar-refractivity contribution in [3.8, 4) is 12.3 Å². The van der Waals surface area contributed by atoms with Crippen LogP contribution in [0.3, 0.4) is 0 Å². The quantitative estimate of drug-likeness (QED) is 0.408. The van der Waals surface area contributed by atoms with Gasteiger partial charge in [0, 0.05) is 17.6 Å². The van der Waals surface area contributed by atoms with Gasteiger partial charge >= 0.3 is 6.09 Å². The number of nitrogens with one attached hydrogen (secondary N) is 2. The topological polar surface area (TPSA) is 87.7 Å². The fourth-order valence-electron chi connectivity index (χ4n) is 3.59. The average molecular weight is 518 g/mol. The lowest BCUT2D eigenvalue weighted by Gasteiger charge is -2.36. The van der Waals surface area contributed by atoms with E-state index in [0.29, 0.717) is 36.3 Å². The van der Waals surface area contributed by atoms with Crippen LogP contribution in [0.1, 0.15) is 84.9 Å². The highest BCUT2D eigenvalue weighted by atomic mass is 32.2. The molecular weight excluding hydrogens is 474 g/mol. The van der Waals surface area contributed by atoms with Crippen molar-refractivity contribution < 1.29 is 19.1 Å². The van der Waals surface area contributed by atoms with Gasteiger partial charge in [0.2, 0.25) is 11.8 Å². The minimum Gasteiger partial charge on any atom is -0.444 e. The maximum absolute atomic E-state index is 14.1. The maximum atomic E-state index is 14.1. The molecule has 200 valence electrons. The number of carbonyl (C=O) groups excluding carboxylic acids is 3. The Labute approximate surface area is 221 Å². The smallest absolute Gasteiger partial charge is 0.408 e. The third-order valence-electron chi connectivity index (χ3n) is 5.10. The minimum atomic E-state index is -0.951. The summed E-state index contributed by atoms with van der Waals surface area (Å²) < 4.78 is 5.42. The third-order valence-corrected chi connectivity index (χ3v) is 5.75. The molecule has 0 aliphatic heterocycles. The molecule has 2 unspecified atom stereocenters. The number of carbonyl (C=O) groups is 3. The van der Waals surface area contributed by atoms with Crippen LogP contribution in [0.4, 0.5) is 4.79 Å². The van der Waals surface area contributed by atoms with Gasteiger partial charge in [-0.25, -0.2) is 4.79 Å². The van der Waals surface area contributed by atoms with E-state index in [9.17, 15) is 14.4 Å². The Morgan fingerprint density at radius 3 is 2.31 bits per heavy atom. The van der Waals surface area contributed by atoms with Gasteiger partial charge < -0.3 is 20.3 Å². The summed E-state index contributed by atoms with van der Waals surface area (Å²) in [7, 11) is 0. The molecule has 1 rings (SSSR count). The van der Waals surface area contributed by atoms with Crippen LogP contribution in [0, 0.1) is 12.3 Å². The zero-order chi connectivity index (χ0) is 27.5. The van der Waals surface area contributed by atoms with Gasteiger partial charge in [0.15, 0.2) is 0 Å². The molecule has 8 heteroatoms. The van der Waals surface area contributed by atoms with Gasteiger partial charge in [-0.3, -0.25) is 9.59 Å². The normalized spacial score (nSPS) is 13.2. The van der Waals surface area contributed by atoms with Crippen molar-refractivity contribution in [2.45, 2.75) is 91.0 Å². The Morgan fingerprint density at radius 2 is 1.78 bits per heavy atom. The van der Waals surface area contributed by atoms with Crippen molar-refractivity contribution >= 4 is 29.7 Å². The van der Waals surface area contributed by atoms with Crippen molar-refractivity contribution in [2.24, 2.45) is 0 Å². The van der Waals surface area contributed by atoms with E-state index in [4.69, 9.17) is 11.2 Å². The minimum absolute atomic E-state index is 0.324. The van der Waals surface area contributed by atoms with Gasteiger partial charge in [-0.15, -0.1) is 6.42 Å². The summed E-state index contributed by atoms with van der Waals surface area (Å²) in [5.41, 5.74) is -0.110. The van der Waals surface area contributed by atoms with Gasteiger partial charge in [0.25, 0.3) is 0 Å². The summed E-state index contributed by atoms with van der Waals surface area (Å²) in [5, 5.41) is 5.77. The zero-order valence-corrected chi connectivity index (χ0v) is 23.9. The van der Waals surface area contributed by atoms with Crippen LogP contribution >= 0.6 is 11.8 Å². The number of hydrogen-bond acceptors (Lipinski definition) is 5. The van der Waals surface area contributed by atoms with E-state index >= 15 is 0 Å². The SMILES string of the molecule is C#Cc1ccccc1C(C(=O)NC(C)(C)C)N(CCCC)C(=O)C(CCSC)NC(=O)OC(C)(C)C. The molecule has 7 nitrogen and oxygen atoms in total. The number of alkyl carbamates (subject to hydrolysis) is 1. The first-order valence-electron chi connectivity index (χ1n) is 12.4. The number of nitrogens with zero attached hydrogens (tertiary/aromatic N) is 1. The number of thioether (sulfide) groups is 1. The lowest BCUT2D eigenvalue weighted by molar-refractivity contribution is -0.143. The predicted molar refractivity (Wildman–Crippen MR) is 148 cm³/mol. The molecule has 0 heterocycles. The van der Waals surface area contributed by atoms with E-state index in [1.165, 1.54) is 0 Å². The van der Waals surface area contributed by atoms with E-state index < -0.39 is 29.3 Å². The first kappa shape index (κ1) is 31.4. The molecule has 0 saturated carbocycles. The van der Waals surface area contributed by atoms with Crippen molar-refractivity contribution in [1.29, 1.82) is 0 Å². The summed E-state index contributed by atoms with van der Waals surface area (Å²) in [5.74, 6) is 2.63. The van der Waals surface area contributed by atoms with E-state index in [1.54, 1.807) is 61.7 Å². The van der Waals surface area contributed by atoms with Gasteiger partial charge in [-0.2, -0.15) is 11.8 Å². The third kappa shape index (κ3) is 10.5. The molecule has 0 aromatic heterocycles. The molecule has 2 N–H and O–H groups in total. The number of amides is 3. The standard InChI is InChI=1S/C28H43N3O4S/c1-10-12-18-31(25(33)22(17-19-36-9)29-26(34)35-28(6,7)8)23(24(32)30-27(3,4)5)21-16-14-13-15-20(21)11-2/h2,13-16,22-23H,10,12,17-19H2,1,3-9H3,(H,29,34)(H,30,32). The second kappa shape index (κ2) is 14.2. The molecule has 0 spiro atoms. The number of terminal acetylenes is 1. The van der Waals surface area contributed by atoms with Gasteiger partial charge in [-0.1, -0.05) is 37.5 Å². The van der Waals surface area contributed by atoms with Crippen LogP contribution in [0.15, 0.2) is 24.3 Å². The first-order valence-corrected chi connectivity index (χ1v) is 13.8. The molecule has 0 bridgehead atoms. The zero-order valence-electron chi connectivity index (χ0n) is 23.1. The summed E-state index contributed by atoms with van der Waals surface area (Å²) >= 11 is 1.57. The average Bonchev–Trinajstić information content (AvgIpc) is 2.76. The van der Waals surface area contributed by atoms with Crippen molar-refractivity contribution in [3.63, 3.8) is 0 Å². The van der Waals surface area contributed by atoms with Crippen molar-refractivity contribution in [1.82, 2.24) is 15.5 Å². The van der Waals surface area contributed by atoms with Crippen LogP contribution in [-0.2, 0) is 14.3 Å². The number of rotatable bonds is 11. The van der Waals surface area contributed by atoms with Gasteiger partial charge in [-0.05, 0) is 78.0 Å². The largest absolute Gasteiger partial charge is 0.444 e. The number of hydrogen-bond donors (Lipinski definition) is 2. The Hall–Kier alpha value is -2.66. The summed E-state index contributed by atoms with van der Waals surface area (Å²) in [6.45, 7) is 13.3. The van der Waals surface area contributed by atoms with Crippen LogP contribution in [-0.4, -0.2) is 58.5 Å². The van der Waals surface area contributed by atoms with Crippen molar-refractivity contribution in [3.05, 3.63) is 35.4 Å². The summed E-state index contributed by atoms with van der Waals surface area (Å²) in [6.07, 6.45) is 8.95. The Kier molecular flexibility index (Phi) is 12.4. The van der Waals surface area contributed by atoms with Crippen LogP contribution in [0.2, 0.25) is 0 Å². The monoisotopic (exact) mass is 517 g/mol. The second-order valence-electron chi connectivity index (χ2n) is 10.7. The highest BCUT2D eigenvalue weighted by Crippen LogP contribution is 2.27. The Morgan fingerprint density at radius 1 is 1.14 bits per heavy atom. The summed E-state index contributed by atoms with van der Waals surface area (Å²) in [4.78, 5) is 41.9. The predicted octanol–water partition coefficient (Wildman–Crippen LogP) is 4.90. The molecule has 2 atom stereocenters. The van der Waals surface area contributed by atoms with E-state index in [0.717, 1.165) is 6.42 Å². The lowest BCUT2D eigenvalue weighted by Crippen LogP contribution is -2.55. The number of unbranched alkanes of at least 4 members (excludes halogenated alkanes) is 1. The molecule has 36 heavy (non-hydrogen) atoms. The molecule has 0 fully saturated rings. The molecule has 0 radical (unpaired) electrons. The molecule has 3 amide bonds.